The van der Waals surface area contributed by atoms with Gasteiger partial charge in [0.25, 0.3) is 5.91 Å². The molecule has 0 unspecified atom stereocenters. The van der Waals surface area contributed by atoms with Gasteiger partial charge in [-0.15, -0.1) is 0 Å². The third-order valence-corrected chi connectivity index (χ3v) is 3.50. The SMILES string of the molecule is NC(=O)c1ccc(NC(=O)CNC(=O)c2ccc(Br)cc2)cc1. The van der Waals surface area contributed by atoms with Gasteiger partial charge < -0.3 is 16.4 Å². The van der Waals surface area contributed by atoms with E-state index in [4.69, 9.17) is 5.73 Å². The molecule has 0 bridgehead atoms. The molecule has 0 aliphatic carbocycles. The summed E-state index contributed by atoms with van der Waals surface area (Å²) in [4.78, 5) is 34.6. The molecule has 2 aromatic carbocycles. The number of anilines is 1. The first kappa shape index (κ1) is 16.7. The Balaban J connectivity index is 1.86. The number of primary amides is 1. The average Bonchev–Trinajstić information content (AvgIpc) is 2.54. The molecule has 0 saturated carbocycles. The Morgan fingerprint density at radius 2 is 1.48 bits per heavy atom. The van der Waals surface area contributed by atoms with Crippen molar-refractivity contribution in [3.8, 4) is 0 Å². The number of carbonyl (C=O) groups excluding carboxylic acids is 3. The van der Waals surface area contributed by atoms with Crippen LogP contribution in [0.25, 0.3) is 0 Å². The lowest BCUT2D eigenvalue weighted by Crippen LogP contribution is -2.32. The predicted octanol–water partition coefficient (Wildman–Crippen LogP) is 1.92. The van der Waals surface area contributed by atoms with Crippen LogP contribution in [-0.4, -0.2) is 24.3 Å². The molecule has 2 aromatic rings. The van der Waals surface area contributed by atoms with Gasteiger partial charge in [0.2, 0.25) is 11.8 Å². The molecule has 0 radical (unpaired) electrons. The van der Waals surface area contributed by atoms with Gasteiger partial charge in [0.1, 0.15) is 0 Å². The van der Waals surface area contributed by atoms with Gasteiger partial charge in [0, 0.05) is 21.3 Å². The number of hydrogen-bond donors (Lipinski definition) is 3. The lowest BCUT2D eigenvalue weighted by molar-refractivity contribution is -0.115. The van der Waals surface area contributed by atoms with E-state index in [-0.39, 0.29) is 18.4 Å². The number of amides is 3. The number of rotatable bonds is 5. The standard InChI is InChI=1S/C16H14BrN3O3/c17-12-5-1-11(2-6-12)16(23)19-9-14(21)20-13-7-3-10(4-8-13)15(18)22/h1-8H,9H2,(H2,18,22)(H,19,23)(H,20,21). The normalized spacial score (nSPS) is 9.96. The van der Waals surface area contributed by atoms with Crippen molar-refractivity contribution in [2.45, 2.75) is 0 Å². The Bertz CT molecular complexity index is 727. The Kier molecular flexibility index (Phi) is 5.48. The second-order valence-corrected chi connectivity index (χ2v) is 5.60. The van der Waals surface area contributed by atoms with E-state index in [9.17, 15) is 14.4 Å². The van der Waals surface area contributed by atoms with Gasteiger partial charge in [-0.05, 0) is 48.5 Å². The van der Waals surface area contributed by atoms with Crippen molar-refractivity contribution in [2.75, 3.05) is 11.9 Å². The van der Waals surface area contributed by atoms with Crippen molar-refractivity contribution >= 4 is 39.3 Å². The molecule has 0 fully saturated rings. The second kappa shape index (κ2) is 7.55. The maximum atomic E-state index is 11.9. The van der Waals surface area contributed by atoms with Gasteiger partial charge in [0.05, 0.1) is 6.54 Å². The van der Waals surface area contributed by atoms with Crippen molar-refractivity contribution in [3.63, 3.8) is 0 Å². The molecule has 0 aromatic heterocycles. The highest BCUT2D eigenvalue weighted by Crippen LogP contribution is 2.11. The number of carbonyl (C=O) groups is 3. The molecule has 0 aliphatic rings. The first-order chi connectivity index (χ1) is 11.0. The number of halogens is 1. The minimum atomic E-state index is -0.537. The van der Waals surface area contributed by atoms with Crippen LogP contribution in [0.3, 0.4) is 0 Å². The zero-order chi connectivity index (χ0) is 16.8. The highest BCUT2D eigenvalue weighted by molar-refractivity contribution is 9.10. The Labute approximate surface area is 141 Å². The smallest absolute Gasteiger partial charge is 0.251 e. The van der Waals surface area contributed by atoms with Crippen molar-refractivity contribution in [1.29, 1.82) is 0 Å². The van der Waals surface area contributed by atoms with E-state index in [1.807, 2.05) is 0 Å². The zero-order valence-electron chi connectivity index (χ0n) is 12.0. The van der Waals surface area contributed by atoms with Gasteiger partial charge in [0.15, 0.2) is 0 Å². The summed E-state index contributed by atoms with van der Waals surface area (Å²) >= 11 is 3.28. The van der Waals surface area contributed by atoms with E-state index in [0.29, 0.717) is 16.8 Å². The molecule has 0 atom stereocenters. The summed E-state index contributed by atoms with van der Waals surface area (Å²) < 4.78 is 0.867. The molecule has 0 saturated heterocycles. The fourth-order valence-electron chi connectivity index (χ4n) is 1.79. The molecular formula is C16H14BrN3O3. The van der Waals surface area contributed by atoms with E-state index in [1.165, 1.54) is 12.1 Å². The van der Waals surface area contributed by atoms with E-state index < -0.39 is 5.91 Å². The lowest BCUT2D eigenvalue weighted by Gasteiger charge is -2.07. The Morgan fingerprint density at radius 3 is 2.04 bits per heavy atom. The van der Waals surface area contributed by atoms with Gasteiger partial charge in [-0.3, -0.25) is 14.4 Å². The Hall–Kier alpha value is -2.67. The number of benzene rings is 2. The van der Waals surface area contributed by atoms with E-state index in [2.05, 4.69) is 26.6 Å². The summed E-state index contributed by atoms with van der Waals surface area (Å²) in [5, 5.41) is 5.14. The van der Waals surface area contributed by atoms with Crippen LogP contribution in [0.15, 0.2) is 53.0 Å². The van der Waals surface area contributed by atoms with Crippen molar-refractivity contribution in [3.05, 3.63) is 64.1 Å². The summed E-state index contributed by atoms with van der Waals surface area (Å²) in [6.07, 6.45) is 0. The second-order valence-electron chi connectivity index (χ2n) is 4.68. The summed E-state index contributed by atoms with van der Waals surface area (Å²) in [5.74, 6) is -1.25. The van der Waals surface area contributed by atoms with E-state index >= 15 is 0 Å². The number of hydrogen-bond acceptors (Lipinski definition) is 3. The molecule has 4 N–H and O–H groups in total. The molecule has 2 rings (SSSR count). The number of nitrogens with two attached hydrogens (primary N) is 1. The molecule has 0 aliphatic heterocycles. The fourth-order valence-corrected chi connectivity index (χ4v) is 2.05. The maximum absolute atomic E-state index is 11.9. The molecule has 0 spiro atoms. The van der Waals surface area contributed by atoms with Gasteiger partial charge in [-0.2, -0.15) is 0 Å². The van der Waals surface area contributed by atoms with Crippen LogP contribution in [-0.2, 0) is 4.79 Å². The van der Waals surface area contributed by atoms with Crippen LogP contribution in [0.1, 0.15) is 20.7 Å². The molecule has 118 valence electrons. The minimum absolute atomic E-state index is 0.160. The molecule has 7 heteroatoms. The van der Waals surface area contributed by atoms with E-state index in [0.717, 1.165) is 4.47 Å². The largest absolute Gasteiger partial charge is 0.366 e. The summed E-state index contributed by atoms with van der Waals surface area (Å²) in [6.45, 7) is -0.160. The quantitative estimate of drug-likeness (QED) is 0.743. The van der Waals surface area contributed by atoms with Crippen molar-refractivity contribution in [2.24, 2.45) is 5.73 Å². The highest BCUT2D eigenvalue weighted by atomic mass is 79.9. The fraction of sp³-hybridized carbons (Fsp3) is 0.0625. The summed E-state index contributed by atoms with van der Waals surface area (Å²) in [7, 11) is 0. The third-order valence-electron chi connectivity index (χ3n) is 2.97. The van der Waals surface area contributed by atoms with Crippen LogP contribution in [0.5, 0.6) is 0 Å². The van der Waals surface area contributed by atoms with Crippen molar-refractivity contribution < 1.29 is 14.4 Å². The molecule has 0 heterocycles. The monoisotopic (exact) mass is 375 g/mol. The van der Waals surface area contributed by atoms with E-state index in [1.54, 1.807) is 36.4 Å². The molecular weight excluding hydrogens is 362 g/mol. The average molecular weight is 376 g/mol. The van der Waals surface area contributed by atoms with Crippen LogP contribution in [0, 0.1) is 0 Å². The van der Waals surface area contributed by atoms with Gasteiger partial charge >= 0.3 is 0 Å². The zero-order valence-corrected chi connectivity index (χ0v) is 13.6. The van der Waals surface area contributed by atoms with Gasteiger partial charge in [-0.1, -0.05) is 15.9 Å². The van der Waals surface area contributed by atoms with Crippen LogP contribution in [0.2, 0.25) is 0 Å². The summed E-state index contributed by atoms with van der Waals surface area (Å²) in [5.41, 5.74) is 6.46. The highest BCUT2D eigenvalue weighted by Gasteiger charge is 2.08. The predicted molar refractivity (Wildman–Crippen MR) is 90.1 cm³/mol. The van der Waals surface area contributed by atoms with Gasteiger partial charge in [-0.25, -0.2) is 0 Å². The molecule has 6 nitrogen and oxygen atoms in total. The lowest BCUT2D eigenvalue weighted by atomic mass is 10.2. The molecule has 3 amide bonds. The minimum Gasteiger partial charge on any atom is -0.366 e. The first-order valence-corrected chi connectivity index (χ1v) is 7.48. The first-order valence-electron chi connectivity index (χ1n) is 6.69. The Morgan fingerprint density at radius 1 is 0.913 bits per heavy atom. The van der Waals surface area contributed by atoms with Crippen LogP contribution in [0.4, 0.5) is 5.69 Å². The maximum Gasteiger partial charge on any atom is 0.251 e. The topological polar surface area (TPSA) is 101 Å². The molecule has 23 heavy (non-hydrogen) atoms. The third kappa shape index (κ3) is 4.93. The number of nitrogens with one attached hydrogen (secondary N) is 2. The van der Waals surface area contributed by atoms with Crippen molar-refractivity contribution in [1.82, 2.24) is 5.32 Å². The summed E-state index contributed by atoms with van der Waals surface area (Å²) in [6, 6.07) is 12.9. The van der Waals surface area contributed by atoms with Crippen LogP contribution < -0.4 is 16.4 Å². The van der Waals surface area contributed by atoms with Crippen LogP contribution >= 0.6 is 15.9 Å².